The molecule has 62 valence electrons. The Balaban J connectivity index is 0. The van der Waals surface area contributed by atoms with Gasteiger partial charge < -0.3 is 19.2 Å². The summed E-state index contributed by atoms with van der Waals surface area (Å²) in [4.78, 5) is 29.3. The van der Waals surface area contributed by atoms with Gasteiger partial charge in [-0.2, -0.15) is 36.4 Å². The Morgan fingerprint density at radius 1 is 0.833 bits per heavy atom. The molecule has 0 aromatic heterocycles. The number of hydrogen-bond donors (Lipinski definition) is 4. The molecule has 0 radical (unpaired) electrons. The van der Waals surface area contributed by atoms with Crippen LogP contribution in [0.3, 0.4) is 0 Å². The second-order valence-electron chi connectivity index (χ2n) is 1.68. The molecule has 1 rings (SSSR count). The van der Waals surface area contributed by atoms with E-state index in [4.69, 9.17) is 19.2 Å². The van der Waals surface area contributed by atoms with E-state index < -0.39 is 9.05 Å². The van der Waals surface area contributed by atoms with Gasteiger partial charge in [0.2, 0.25) is 0 Å². The van der Waals surface area contributed by atoms with E-state index in [9.17, 15) is 0 Å². The molecular weight excluding hydrogens is 171 g/mol. The summed E-state index contributed by atoms with van der Waals surface area (Å²) in [5.41, 5.74) is 0. The first-order valence-corrected chi connectivity index (χ1v) is 4.59. The third-order valence-electron chi connectivity index (χ3n) is 0.607. The van der Waals surface area contributed by atoms with E-state index in [-0.39, 0.29) is 18.9 Å². The third kappa shape index (κ3) is 22.5. The quantitative estimate of drug-likeness (QED) is 0.241. The van der Waals surface area contributed by atoms with E-state index in [1.54, 1.807) is 0 Å². The van der Waals surface area contributed by atoms with Crippen molar-refractivity contribution in [2.45, 2.75) is 0 Å². The summed E-state index contributed by atoms with van der Waals surface area (Å²) in [5.74, 6) is 0. The van der Waals surface area contributed by atoms with Crippen molar-refractivity contribution in [2.24, 2.45) is 0 Å². The maximum atomic E-state index is 7.33. The van der Waals surface area contributed by atoms with Gasteiger partial charge in [-0.05, 0) is 0 Å². The average molecular weight is 180 g/mol. The molecule has 4 N–H and O–H groups in total. The van der Waals surface area contributed by atoms with E-state index in [1.807, 2.05) is 30.3 Å². The Morgan fingerprint density at radius 3 is 1.25 bits per heavy atom. The van der Waals surface area contributed by atoms with Gasteiger partial charge in [0, 0.05) is 0 Å². The summed E-state index contributed by atoms with van der Waals surface area (Å²) in [5, 5.41) is 0. The molecule has 1 aromatic carbocycles. The predicted molar refractivity (Wildman–Crippen MR) is 39.9 cm³/mol. The van der Waals surface area contributed by atoms with Crippen molar-refractivity contribution in [3.05, 3.63) is 36.4 Å². The fraction of sp³-hybridized carbons (Fsp3) is 0. The maximum absolute atomic E-state index is 7.33. The minimum Gasteiger partial charge on any atom is -0.368 e. The Labute approximate surface area is 83.8 Å². The molecule has 0 aliphatic heterocycles. The van der Waals surface area contributed by atoms with Gasteiger partial charge in [0.05, 0.1) is 0 Å². The molecule has 0 atom stereocenters. The first kappa shape index (κ1) is 14.4. The molecule has 0 bridgehead atoms. The van der Waals surface area contributed by atoms with Crippen molar-refractivity contribution in [1.29, 1.82) is 0 Å². The molecular formula is C6H9LiO4Si. The Morgan fingerprint density at radius 2 is 1.17 bits per heavy atom. The first-order chi connectivity index (χ1) is 5.00. The third-order valence-corrected chi connectivity index (χ3v) is 0.607. The fourth-order valence-corrected chi connectivity index (χ4v) is 0.342. The van der Waals surface area contributed by atoms with Gasteiger partial charge in [-0.1, -0.05) is 0 Å². The molecule has 6 heteroatoms. The van der Waals surface area contributed by atoms with Crippen LogP contribution < -0.4 is 18.9 Å². The first-order valence-electron chi connectivity index (χ1n) is 2.81. The molecule has 0 saturated heterocycles. The molecule has 0 fully saturated rings. The normalized spacial score (nSPS) is 9.00. The summed E-state index contributed by atoms with van der Waals surface area (Å²) in [6, 6.07) is 12.5. The monoisotopic (exact) mass is 180 g/mol. The van der Waals surface area contributed by atoms with E-state index in [0.29, 0.717) is 0 Å². The summed E-state index contributed by atoms with van der Waals surface area (Å²) in [6.07, 6.45) is 0. The number of hydrogen-bond acceptors (Lipinski definition) is 4. The number of benzene rings is 1. The van der Waals surface area contributed by atoms with E-state index in [2.05, 4.69) is 6.07 Å². The molecule has 0 saturated carbocycles. The summed E-state index contributed by atoms with van der Waals surface area (Å²) in [7, 11) is -4.61. The molecule has 0 unspecified atom stereocenters. The molecule has 0 spiro atoms. The smallest absolute Gasteiger partial charge is 0.368 e. The minimum absolute atomic E-state index is 0. The van der Waals surface area contributed by atoms with Crippen LogP contribution in [0.4, 0.5) is 0 Å². The van der Waals surface area contributed by atoms with Crippen LogP contribution in [-0.2, 0) is 0 Å². The maximum Gasteiger partial charge on any atom is 1.00 e. The zero-order chi connectivity index (χ0) is 8.74. The number of rotatable bonds is 0. The predicted octanol–water partition coefficient (Wildman–Crippen LogP) is -4.12. The van der Waals surface area contributed by atoms with Crippen molar-refractivity contribution in [3.63, 3.8) is 0 Å². The summed E-state index contributed by atoms with van der Waals surface area (Å²) < 4.78 is 0. The molecule has 1 aromatic rings. The topological polar surface area (TPSA) is 80.9 Å². The summed E-state index contributed by atoms with van der Waals surface area (Å²) >= 11 is 0. The molecule has 0 aliphatic carbocycles. The van der Waals surface area contributed by atoms with Crippen LogP contribution in [0.1, 0.15) is 0 Å². The van der Waals surface area contributed by atoms with E-state index in [1.165, 1.54) is 0 Å². The molecule has 0 amide bonds. The Hall–Kier alpha value is -0.126. The van der Waals surface area contributed by atoms with Gasteiger partial charge in [-0.15, -0.1) is 0 Å². The van der Waals surface area contributed by atoms with Crippen LogP contribution in [0.5, 0.6) is 0 Å². The van der Waals surface area contributed by atoms with Gasteiger partial charge in [0.25, 0.3) is 0 Å². The zero-order valence-corrected chi connectivity index (χ0v) is 7.68. The fourth-order valence-electron chi connectivity index (χ4n) is 0.342. The van der Waals surface area contributed by atoms with Crippen LogP contribution in [0.15, 0.2) is 30.3 Å². The van der Waals surface area contributed by atoms with Crippen LogP contribution in [-0.4, -0.2) is 28.2 Å². The van der Waals surface area contributed by atoms with Gasteiger partial charge in [0.15, 0.2) is 0 Å². The minimum atomic E-state index is -4.61. The second kappa shape index (κ2) is 7.52. The van der Waals surface area contributed by atoms with Gasteiger partial charge in [0.1, 0.15) is 0 Å². The second-order valence-corrected chi connectivity index (χ2v) is 2.88. The van der Waals surface area contributed by atoms with E-state index in [0.717, 1.165) is 0 Å². The molecule has 0 heterocycles. The van der Waals surface area contributed by atoms with Crippen molar-refractivity contribution in [3.8, 4) is 0 Å². The average Bonchev–Trinajstić information content (AvgIpc) is 1.88. The SMILES string of the molecule is O[Si](O)(O)O.[Li+].[c-]1ccccc1. The largest absolute Gasteiger partial charge is 1.00 e. The van der Waals surface area contributed by atoms with Crippen molar-refractivity contribution < 1.29 is 38.0 Å². The molecule has 12 heavy (non-hydrogen) atoms. The molecule has 4 nitrogen and oxygen atoms in total. The van der Waals surface area contributed by atoms with Crippen LogP contribution in [0, 0.1) is 6.07 Å². The van der Waals surface area contributed by atoms with Crippen LogP contribution >= 0.6 is 0 Å². The van der Waals surface area contributed by atoms with Crippen molar-refractivity contribution >= 4 is 9.05 Å². The van der Waals surface area contributed by atoms with Gasteiger partial charge in [-0.3, -0.25) is 0 Å². The van der Waals surface area contributed by atoms with E-state index >= 15 is 0 Å². The standard InChI is InChI=1S/C6H5.Li.H4O4Si/c1-2-4-6-5-3-1;;1-5(2,3)4/h1-5H;;1-4H/q-1;+1;. The van der Waals surface area contributed by atoms with Crippen molar-refractivity contribution in [2.75, 3.05) is 0 Å². The van der Waals surface area contributed by atoms with Gasteiger partial charge in [-0.25, -0.2) is 0 Å². The van der Waals surface area contributed by atoms with Crippen LogP contribution in [0.2, 0.25) is 0 Å². The zero-order valence-electron chi connectivity index (χ0n) is 6.68. The van der Waals surface area contributed by atoms with Crippen LogP contribution in [0.25, 0.3) is 0 Å². The van der Waals surface area contributed by atoms with Gasteiger partial charge >= 0.3 is 27.9 Å². The molecule has 0 aliphatic rings. The Bertz CT molecular complexity index is 144. The van der Waals surface area contributed by atoms with Crippen molar-refractivity contribution in [1.82, 2.24) is 0 Å². The summed E-state index contributed by atoms with van der Waals surface area (Å²) in [6.45, 7) is 0. The Kier molecular flexibility index (Phi) is 9.02.